The molecule has 0 heterocycles. The zero-order valence-corrected chi connectivity index (χ0v) is 11.8. The summed E-state index contributed by atoms with van der Waals surface area (Å²) < 4.78 is 0. The lowest BCUT2D eigenvalue weighted by molar-refractivity contribution is 0.299. The Morgan fingerprint density at radius 2 is 1.35 bits per heavy atom. The highest BCUT2D eigenvalue weighted by molar-refractivity contribution is 5.52. The lowest BCUT2D eigenvalue weighted by Gasteiger charge is -2.11. The van der Waals surface area contributed by atoms with Gasteiger partial charge in [-0.15, -0.1) is 0 Å². The first-order chi connectivity index (χ1) is 9.69. The molecular weight excluding hydrogens is 250 g/mol. The molecule has 0 saturated heterocycles. The van der Waals surface area contributed by atoms with E-state index in [-0.39, 0.29) is 6.61 Å². The third-order valence-electron chi connectivity index (χ3n) is 2.98. The van der Waals surface area contributed by atoms with Crippen LogP contribution in [-0.2, 0) is 6.42 Å². The van der Waals surface area contributed by atoms with Gasteiger partial charge in [0, 0.05) is 26.4 Å². The molecule has 0 fully saturated rings. The second-order valence-corrected chi connectivity index (χ2v) is 4.75. The third kappa shape index (κ3) is 3.90. The van der Waals surface area contributed by atoms with Gasteiger partial charge >= 0.3 is 0 Å². The molecule has 2 aromatic rings. The maximum Gasteiger partial charge on any atom is 0.0858 e. The first kappa shape index (κ1) is 14.2. The van der Waals surface area contributed by atoms with Gasteiger partial charge in [-0.25, -0.2) is 0 Å². The van der Waals surface area contributed by atoms with E-state index in [1.807, 2.05) is 67.5 Å². The quantitative estimate of drug-likeness (QED) is 0.841. The van der Waals surface area contributed by atoms with Crippen LogP contribution in [0.15, 0.2) is 58.8 Å². The van der Waals surface area contributed by atoms with E-state index in [2.05, 4.69) is 10.2 Å². The van der Waals surface area contributed by atoms with Gasteiger partial charge in [0.15, 0.2) is 0 Å². The van der Waals surface area contributed by atoms with E-state index in [1.54, 1.807) is 0 Å². The van der Waals surface area contributed by atoms with E-state index >= 15 is 0 Å². The van der Waals surface area contributed by atoms with Gasteiger partial charge in [-0.3, -0.25) is 0 Å². The van der Waals surface area contributed by atoms with Gasteiger partial charge in [-0.1, -0.05) is 12.1 Å². The lowest BCUT2D eigenvalue weighted by atomic mass is 10.1. The van der Waals surface area contributed by atoms with Crippen molar-refractivity contribution in [3.8, 4) is 0 Å². The zero-order chi connectivity index (χ0) is 14.4. The minimum Gasteiger partial charge on any atom is -0.396 e. The maximum absolute atomic E-state index is 8.86. The molecule has 4 heteroatoms. The minimum atomic E-state index is 0.166. The standard InChI is InChI=1S/C16H19N3O/c1-19(2)16-9-7-15(8-10-16)18-17-14-5-3-13(4-6-14)11-12-20/h3-10,20H,11-12H2,1-2H3. The summed E-state index contributed by atoms with van der Waals surface area (Å²) in [5, 5.41) is 17.3. The van der Waals surface area contributed by atoms with Crippen molar-refractivity contribution in [2.45, 2.75) is 6.42 Å². The summed E-state index contributed by atoms with van der Waals surface area (Å²) in [6, 6.07) is 15.6. The Hall–Kier alpha value is -2.20. The van der Waals surface area contributed by atoms with Gasteiger partial charge in [0.05, 0.1) is 11.4 Å². The number of nitrogens with zero attached hydrogens (tertiary/aromatic N) is 3. The Kier molecular flexibility index (Phi) is 4.85. The first-order valence-electron chi connectivity index (χ1n) is 6.58. The van der Waals surface area contributed by atoms with E-state index in [0.717, 1.165) is 22.6 Å². The van der Waals surface area contributed by atoms with Gasteiger partial charge in [0.2, 0.25) is 0 Å². The van der Waals surface area contributed by atoms with E-state index in [0.29, 0.717) is 6.42 Å². The van der Waals surface area contributed by atoms with Crippen molar-refractivity contribution in [1.29, 1.82) is 0 Å². The van der Waals surface area contributed by atoms with Crippen LogP contribution in [0.25, 0.3) is 0 Å². The van der Waals surface area contributed by atoms with Crippen molar-refractivity contribution < 1.29 is 5.11 Å². The fourth-order valence-electron chi connectivity index (χ4n) is 1.79. The van der Waals surface area contributed by atoms with E-state index in [1.165, 1.54) is 0 Å². The SMILES string of the molecule is CN(C)c1ccc(N=Nc2ccc(CCO)cc2)cc1. The summed E-state index contributed by atoms with van der Waals surface area (Å²) in [5.41, 5.74) is 3.87. The van der Waals surface area contributed by atoms with Gasteiger partial charge in [-0.2, -0.15) is 10.2 Å². The molecule has 2 aromatic carbocycles. The van der Waals surface area contributed by atoms with Crippen LogP contribution >= 0.6 is 0 Å². The second-order valence-electron chi connectivity index (χ2n) is 4.75. The fraction of sp³-hybridized carbons (Fsp3) is 0.250. The molecule has 1 N–H and O–H groups in total. The molecule has 0 unspecified atom stereocenters. The average molecular weight is 269 g/mol. The van der Waals surface area contributed by atoms with Crippen LogP contribution in [0.1, 0.15) is 5.56 Å². The van der Waals surface area contributed by atoms with Crippen molar-refractivity contribution in [2.75, 3.05) is 25.6 Å². The molecule has 2 rings (SSSR count). The second kappa shape index (κ2) is 6.82. The molecular formula is C16H19N3O. The van der Waals surface area contributed by atoms with Crippen molar-refractivity contribution in [3.63, 3.8) is 0 Å². The molecule has 0 spiro atoms. The molecule has 0 aliphatic carbocycles. The summed E-state index contributed by atoms with van der Waals surface area (Å²) in [7, 11) is 4.01. The van der Waals surface area contributed by atoms with Gasteiger partial charge in [-0.05, 0) is 48.4 Å². The van der Waals surface area contributed by atoms with Gasteiger partial charge in [0.25, 0.3) is 0 Å². The number of hydrogen-bond donors (Lipinski definition) is 1. The van der Waals surface area contributed by atoms with E-state index in [9.17, 15) is 0 Å². The number of aliphatic hydroxyl groups is 1. The zero-order valence-electron chi connectivity index (χ0n) is 11.8. The third-order valence-corrected chi connectivity index (χ3v) is 2.98. The van der Waals surface area contributed by atoms with Gasteiger partial charge in [0.1, 0.15) is 0 Å². The largest absolute Gasteiger partial charge is 0.396 e. The smallest absolute Gasteiger partial charge is 0.0858 e. The van der Waals surface area contributed by atoms with Crippen molar-refractivity contribution in [1.82, 2.24) is 0 Å². The summed E-state index contributed by atoms with van der Waals surface area (Å²) in [4.78, 5) is 2.04. The van der Waals surface area contributed by atoms with Crippen LogP contribution in [-0.4, -0.2) is 25.8 Å². The number of benzene rings is 2. The molecule has 0 aliphatic rings. The van der Waals surface area contributed by atoms with Crippen molar-refractivity contribution >= 4 is 17.1 Å². The number of rotatable bonds is 5. The molecule has 0 atom stereocenters. The summed E-state index contributed by atoms with van der Waals surface area (Å²) in [6.07, 6.45) is 0.670. The van der Waals surface area contributed by atoms with E-state index in [4.69, 9.17) is 5.11 Å². The Morgan fingerprint density at radius 3 is 1.80 bits per heavy atom. The summed E-state index contributed by atoms with van der Waals surface area (Å²) in [5.74, 6) is 0. The molecule has 0 aliphatic heterocycles. The molecule has 104 valence electrons. The number of hydrogen-bond acceptors (Lipinski definition) is 4. The fourth-order valence-corrected chi connectivity index (χ4v) is 1.79. The lowest BCUT2D eigenvalue weighted by Crippen LogP contribution is -2.07. The predicted octanol–water partition coefficient (Wildman–Crippen LogP) is 3.70. The van der Waals surface area contributed by atoms with Crippen LogP contribution in [0.4, 0.5) is 17.1 Å². The number of anilines is 1. The Labute approximate surface area is 119 Å². The van der Waals surface area contributed by atoms with Crippen LogP contribution in [0, 0.1) is 0 Å². The monoisotopic (exact) mass is 269 g/mol. The molecule has 0 radical (unpaired) electrons. The van der Waals surface area contributed by atoms with Crippen LogP contribution < -0.4 is 4.90 Å². The number of aliphatic hydroxyl groups excluding tert-OH is 1. The Balaban J connectivity index is 2.04. The maximum atomic E-state index is 8.86. The highest BCUT2D eigenvalue weighted by atomic mass is 16.2. The molecule has 0 amide bonds. The molecule has 4 nitrogen and oxygen atoms in total. The molecule has 20 heavy (non-hydrogen) atoms. The topological polar surface area (TPSA) is 48.2 Å². The molecule has 0 saturated carbocycles. The summed E-state index contributed by atoms with van der Waals surface area (Å²) in [6.45, 7) is 0.166. The van der Waals surface area contributed by atoms with Crippen LogP contribution in [0.5, 0.6) is 0 Å². The highest BCUT2D eigenvalue weighted by Gasteiger charge is 1.96. The average Bonchev–Trinajstić information content (AvgIpc) is 2.47. The molecule has 0 bridgehead atoms. The Morgan fingerprint density at radius 1 is 0.850 bits per heavy atom. The number of azo groups is 1. The highest BCUT2D eigenvalue weighted by Crippen LogP contribution is 2.21. The van der Waals surface area contributed by atoms with Crippen LogP contribution in [0.2, 0.25) is 0 Å². The van der Waals surface area contributed by atoms with Crippen molar-refractivity contribution in [3.05, 3.63) is 54.1 Å². The predicted molar refractivity (Wildman–Crippen MR) is 82.2 cm³/mol. The first-order valence-corrected chi connectivity index (χ1v) is 6.58. The van der Waals surface area contributed by atoms with Gasteiger partial charge < -0.3 is 10.0 Å². The Bertz CT molecular complexity index is 559. The molecule has 0 aromatic heterocycles. The van der Waals surface area contributed by atoms with E-state index < -0.39 is 0 Å². The minimum absolute atomic E-state index is 0.166. The summed E-state index contributed by atoms with van der Waals surface area (Å²) >= 11 is 0. The van der Waals surface area contributed by atoms with Crippen LogP contribution in [0.3, 0.4) is 0 Å². The van der Waals surface area contributed by atoms with Crippen molar-refractivity contribution in [2.24, 2.45) is 10.2 Å². The normalized spacial score (nSPS) is 10.9.